The SMILES string of the molecule is CCN(Cc1cccc(C)n1)C(=O)c1ccnc(CN)c1. The minimum atomic E-state index is -0.0297. The maximum Gasteiger partial charge on any atom is 0.254 e. The van der Waals surface area contributed by atoms with Crippen molar-refractivity contribution in [2.75, 3.05) is 6.54 Å². The lowest BCUT2D eigenvalue weighted by Crippen LogP contribution is -2.30. The number of carbonyl (C=O) groups is 1. The van der Waals surface area contributed by atoms with Crippen LogP contribution in [0.5, 0.6) is 0 Å². The zero-order valence-corrected chi connectivity index (χ0v) is 12.4. The zero-order valence-electron chi connectivity index (χ0n) is 12.4. The zero-order chi connectivity index (χ0) is 15.2. The molecule has 2 heterocycles. The van der Waals surface area contributed by atoms with Crippen molar-refractivity contribution < 1.29 is 4.79 Å². The molecule has 110 valence electrons. The summed E-state index contributed by atoms with van der Waals surface area (Å²) < 4.78 is 0. The molecule has 0 aliphatic carbocycles. The van der Waals surface area contributed by atoms with Crippen molar-refractivity contribution in [2.45, 2.75) is 26.9 Å². The second-order valence-electron chi connectivity index (χ2n) is 4.83. The van der Waals surface area contributed by atoms with Gasteiger partial charge in [0.2, 0.25) is 0 Å². The van der Waals surface area contributed by atoms with Crippen molar-refractivity contribution in [1.29, 1.82) is 0 Å². The average molecular weight is 284 g/mol. The highest BCUT2D eigenvalue weighted by atomic mass is 16.2. The number of aryl methyl sites for hydroxylation is 1. The van der Waals surface area contributed by atoms with Crippen LogP contribution in [0.4, 0.5) is 0 Å². The van der Waals surface area contributed by atoms with Crippen LogP contribution in [-0.2, 0) is 13.1 Å². The predicted molar refractivity (Wildman–Crippen MR) is 81.5 cm³/mol. The van der Waals surface area contributed by atoms with E-state index in [1.807, 2.05) is 32.0 Å². The number of rotatable bonds is 5. The summed E-state index contributed by atoms with van der Waals surface area (Å²) in [7, 11) is 0. The molecule has 0 aliphatic heterocycles. The molecule has 0 saturated heterocycles. The molecule has 0 bridgehead atoms. The Balaban J connectivity index is 2.18. The fourth-order valence-corrected chi connectivity index (χ4v) is 2.12. The quantitative estimate of drug-likeness (QED) is 0.910. The van der Waals surface area contributed by atoms with Crippen molar-refractivity contribution in [2.24, 2.45) is 5.73 Å². The highest BCUT2D eigenvalue weighted by molar-refractivity contribution is 5.94. The minimum absolute atomic E-state index is 0.0297. The lowest BCUT2D eigenvalue weighted by Gasteiger charge is -2.21. The number of amides is 1. The molecule has 2 aromatic rings. The molecule has 0 fully saturated rings. The van der Waals surface area contributed by atoms with E-state index in [-0.39, 0.29) is 5.91 Å². The third-order valence-corrected chi connectivity index (χ3v) is 3.24. The molecular weight excluding hydrogens is 264 g/mol. The number of pyridine rings is 2. The Hall–Kier alpha value is -2.27. The van der Waals surface area contributed by atoms with E-state index in [4.69, 9.17) is 5.73 Å². The van der Waals surface area contributed by atoms with E-state index in [9.17, 15) is 4.79 Å². The Morgan fingerprint density at radius 1 is 1.29 bits per heavy atom. The van der Waals surface area contributed by atoms with Crippen LogP contribution in [0.2, 0.25) is 0 Å². The fourth-order valence-electron chi connectivity index (χ4n) is 2.12. The van der Waals surface area contributed by atoms with Gasteiger partial charge in [-0.25, -0.2) is 0 Å². The molecule has 0 aromatic carbocycles. The van der Waals surface area contributed by atoms with Gasteiger partial charge in [0, 0.05) is 30.5 Å². The third kappa shape index (κ3) is 3.86. The Morgan fingerprint density at radius 2 is 2.10 bits per heavy atom. The summed E-state index contributed by atoms with van der Waals surface area (Å²) in [5, 5.41) is 0. The van der Waals surface area contributed by atoms with Gasteiger partial charge in [-0.15, -0.1) is 0 Å². The maximum absolute atomic E-state index is 12.6. The van der Waals surface area contributed by atoms with Gasteiger partial charge in [-0.2, -0.15) is 0 Å². The number of hydrogen-bond donors (Lipinski definition) is 1. The van der Waals surface area contributed by atoms with E-state index in [0.29, 0.717) is 30.9 Å². The number of nitrogens with zero attached hydrogens (tertiary/aromatic N) is 3. The number of nitrogens with two attached hydrogens (primary N) is 1. The second kappa shape index (κ2) is 6.95. The summed E-state index contributed by atoms with van der Waals surface area (Å²) in [6.07, 6.45) is 1.62. The van der Waals surface area contributed by atoms with Gasteiger partial charge >= 0.3 is 0 Å². The van der Waals surface area contributed by atoms with Crippen molar-refractivity contribution in [3.05, 3.63) is 59.2 Å². The van der Waals surface area contributed by atoms with Crippen molar-refractivity contribution >= 4 is 5.91 Å². The van der Waals surface area contributed by atoms with Crippen LogP contribution in [0.3, 0.4) is 0 Å². The molecule has 0 aliphatic rings. The summed E-state index contributed by atoms with van der Waals surface area (Å²) in [6, 6.07) is 9.29. The number of hydrogen-bond acceptors (Lipinski definition) is 4. The van der Waals surface area contributed by atoms with Crippen molar-refractivity contribution in [3.63, 3.8) is 0 Å². The highest BCUT2D eigenvalue weighted by Crippen LogP contribution is 2.10. The van der Waals surface area contributed by atoms with Gasteiger partial charge in [0.05, 0.1) is 17.9 Å². The monoisotopic (exact) mass is 284 g/mol. The standard InChI is InChI=1S/C16H20N4O/c1-3-20(11-14-6-4-5-12(2)19-14)16(21)13-7-8-18-15(9-13)10-17/h4-9H,3,10-11,17H2,1-2H3. The second-order valence-corrected chi connectivity index (χ2v) is 4.83. The Kier molecular flexibility index (Phi) is 5.00. The van der Waals surface area contributed by atoms with Gasteiger partial charge in [-0.1, -0.05) is 6.07 Å². The van der Waals surface area contributed by atoms with Crippen molar-refractivity contribution in [1.82, 2.24) is 14.9 Å². The molecule has 5 nitrogen and oxygen atoms in total. The van der Waals surface area contributed by atoms with Crippen LogP contribution in [-0.4, -0.2) is 27.3 Å². The summed E-state index contributed by atoms with van der Waals surface area (Å²) in [5.74, 6) is -0.0297. The van der Waals surface area contributed by atoms with Gasteiger partial charge in [0.1, 0.15) is 0 Å². The molecule has 1 amide bonds. The molecule has 0 atom stereocenters. The topological polar surface area (TPSA) is 72.1 Å². The van der Waals surface area contributed by atoms with Crippen LogP contribution < -0.4 is 5.73 Å². The summed E-state index contributed by atoms with van der Waals surface area (Å²) in [4.78, 5) is 22.9. The van der Waals surface area contributed by atoms with Crippen molar-refractivity contribution in [3.8, 4) is 0 Å². The molecule has 2 rings (SSSR count). The molecule has 21 heavy (non-hydrogen) atoms. The Bertz CT molecular complexity index is 627. The molecular formula is C16H20N4O. The largest absolute Gasteiger partial charge is 0.333 e. The first-order valence-corrected chi connectivity index (χ1v) is 7.01. The van der Waals surface area contributed by atoms with E-state index in [1.54, 1.807) is 23.2 Å². The minimum Gasteiger partial charge on any atom is -0.333 e. The first-order valence-electron chi connectivity index (χ1n) is 7.01. The normalized spacial score (nSPS) is 10.4. The Morgan fingerprint density at radius 3 is 2.76 bits per heavy atom. The predicted octanol–water partition coefficient (Wildman–Crippen LogP) is 1.91. The van der Waals surface area contributed by atoms with E-state index < -0.39 is 0 Å². The van der Waals surface area contributed by atoms with Crippen LogP contribution in [0.1, 0.15) is 34.4 Å². The molecule has 2 N–H and O–H groups in total. The van der Waals surface area contributed by atoms with E-state index in [0.717, 1.165) is 11.4 Å². The van der Waals surface area contributed by atoms with Crippen LogP contribution in [0.15, 0.2) is 36.5 Å². The molecule has 0 unspecified atom stereocenters. The van der Waals surface area contributed by atoms with Gasteiger partial charge in [0.25, 0.3) is 5.91 Å². The van der Waals surface area contributed by atoms with Crippen LogP contribution >= 0.6 is 0 Å². The number of carbonyl (C=O) groups excluding carboxylic acids is 1. The van der Waals surface area contributed by atoms with Gasteiger partial charge in [-0.05, 0) is 38.1 Å². The first kappa shape index (κ1) is 15.1. The fraction of sp³-hybridized carbons (Fsp3) is 0.312. The van der Waals surface area contributed by atoms with E-state index in [2.05, 4.69) is 9.97 Å². The van der Waals surface area contributed by atoms with Gasteiger partial charge in [-0.3, -0.25) is 14.8 Å². The molecule has 0 saturated carbocycles. The number of aromatic nitrogens is 2. The lowest BCUT2D eigenvalue weighted by atomic mass is 10.2. The van der Waals surface area contributed by atoms with Gasteiger partial charge in [0.15, 0.2) is 0 Å². The Labute approximate surface area is 124 Å². The van der Waals surface area contributed by atoms with E-state index >= 15 is 0 Å². The maximum atomic E-state index is 12.6. The smallest absolute Gasteiger partial charge is 0.254 e. The summed E-state index contributed by atoms with van der Waals surface area (Å²) >= 11 is 0. The molecule has 0 radical (unpaired) electrons. The van der Waals surface area contributed by atoms with Crippen LogP contribution in [0.25, 0.3) is 0 Å². The van der Waals surface area contributed by atoms with Gasteiger partial charge < -0.3 is 10.6 Å². The molecule has 2 aromatic heterocycles. The first-order chi connectivity index (χ1) is 10.1. The average Bonchev–Trinajstić information content (AvgIpc) is 2.52. The summed E-state index contributed by atoms with van der Waals surface area (Å²) in [5.41, 5.74) is 8.73. The third-order valence-electron chi connectivity index (χ3n) is 3.24. The molecule has 0 spiro atoms. The lowest BCUT2D eigenvalue weighted by molar-refractivity contribution is 0.0750. The molecule has 5 heteroatoms. The summed E-state index contributed by atoms with van der Waals surface area (Å²) in [6.45, 7) is 5.34. The van der Waals surface area contributed by atoms with E-state index in [1.165, 1.54) is 0 Å². The van der Waals surface area contributed by atoms with Crippen LogP contribution in [0, 0.1) is 6.92 Å². The highest BCUT2D eigenvalue weighted by Gasteiger charge is 2.15.